The minimum Gasteiger partial charge on any atom is -0.275 e. The van der Waals surface area contributed by atoms with Crippen LogP contribution < -0.4 is 10.9 Å². The summed E-state index contributed by atoms with van der Waals surface area (Å²) in [6, 6.07) is 6.84. The van der Waals surface area contributed by atoms with Crippen molar-refractivity contribution >= 4 is 17.5 Å². The Labute approximate surface area is 137 Å². The summed E-state index contributed by atoms with van der Waals surface area (Å²) in [5.41, 5.74) is 5.04. The molecule has 0 aliphatic carbocycles. The third-order valence-electron chi connectivity index (χ3n) is 3.39. The van der Waals surface area contributed by atoms with E-state index in [0.29, 0.717) is 18.4 Å². The Hall–Kier alpha value is -3.23. The van der Waals surface area contributed by atoms with Gasteiger partial charge in [-0.1, -0.05) is 31.5 Å². The lowest BCUT2D eigenvalue weighted by Crippen LogP contribution is -2.42. The number of carbonyl (C=O) groups excluding carboxylic acids is 2. The monoisotopic (exact) mass is 331 g/mol. The molecule has 0 saturated carbocycles. The normalized spacial score (nSPS) is 10.2. The summed E-state index contributed by atoms with van der Waals surface area (Å²) in [6.45, 7) is 3.61. The Balaban J connectivity index is 2.12. The number of hydrogen-bond acceptors (Lipinski definition) is 5. The first-order valence-corrected chi connectivity index (χ1v) is 7.33. The van der Waals surface area contributed by atoms with E-state index in [1.807, 2.05) is 6.92 Å². The van der Waals surface area contributed by atoms with Crippen molar-refractivity contribution in [3.63, 3.8) is 0 Å². The second kappa shape index (κ2) is 7.36. The van der Waals surface area contributed by atoms with Crippen molar-refractivity contribution < 1.29 is 14.5 Å². The van der Waals surface area contributed by atoms with E-state index >= 15 is 0 Å². The maximum Gasteiger partial charge on any atom is 0.323 e. The Morgan fingerprint density at radius 2 is 1.92 bits per heavy atom. The molecule has 2 rings (SSSR count). The summed E-state index contributed by atoms with van der Waals surface area (Å²) in [4.78, 5) is 34.6. The van der Waals surface area contributed by atoms with Crippen LogP contribution in [0.5, 0.6) is 0 Å². The minimum atomic E-state index is -0.859. The zero-order chi connectivity index (χ0) is 17.7. The molecule has 0 atom stereocenters. The molecule has 126 valence electrons. The van der Waals surface area contributed by atoms with Gasteiger partial charge in [-0.15, -0.1) is 0 Å². The maximum absolute atomic E-state index is 12.1. The number of rotatable bonds is 5. The van der Waals surface area contributed by atoms with Crippen LogP contribution in [-0.2, 0) is 6.42 Å². The summed E-state index contributed by atoms with van der Waals surface area (Å²) >= 11 is 0. The largest absolute Gasteiger partial charge is 0.323 e. The molecule has 24 heavy (non-hydrogen) atoms. The Morgan fingerprint density at radius 1 is 1.25 bits per heavy atom. The molecule has 1 aromatic carbocycles. The van der Waals surface area contributed by atoms with Gasteiger partial charge in [0.25, 0.3) is 11.8 Å². The third kappa shape index (κ3) is 3.57. The SMILES string of the molecule is CCCc1[nH]nc(C(=O)NNC(=O)c2ccccc2C)c1[N+](=O)[O-]. The minimum absolute atomic E-state index is 0.276. The summed E-state index contributed by atoms with van der Waals surface area (Å²) in [5.74, 6) is -1.38. The molecule has 2 amide bonds. The number of aryl methyl sites for hydroxylation is 2. The molecule has 0 aliphatic heterocycles. The van der Waals surface area contributed by atoms with Gasteiger partial charge in [0.15, 0.2) is 0 Å². The summed E-state index contributed by atoms with van der Waals surface area (Å²) < 4.78 is 0. The topological polar surface area (TPSA) is 130 Å². The molecule has 0 unspecified atom stereocenters. The van der Waals surface area contributed by atoms with Crippen molar-refractivity contribution in [3.05, 3.63) is 56.9 Å². The second-order valence-electron chi connectivity index (χ2n) is 5.13. The Morgan fingerprint density at radius 3 is 2.54 bits per heavy atom. The second-order valence-corrected chi connectivity index (χ2v) is 5.13. The van der Waals surface area contributed by atoms with Crippen LogP contribution in [0.3, 0.4) is 0 Å². The molecule has 0 bridgehead atoms. The number of aromatic amines is 1. The smallest absolute Gasteiger partial charge is 0.275 e. The molecule has 9 heteroatoms. The first kappa shape index (κ1) is 17.1. The van der Waals surface area contributed by atoms with E-state index in [0.717, 1.165) is 5.56 Å². The van der Waals surface area contributed by atoms with E-state index in [1.54, 1.807) is 31.2 Å². The molecule has 1 aromatic heterocycles. The number of amides is 2. The summed E-state index contributed by atoms with van der Waals surface area (Å²) in [6.07, 6.45) is 1.06. The molecule has 0 aliphatic rings. The standard InChI is InChI=1S/C15H17N5O4/c1-3-6-11-13(20(23)24)12(17-16-11)15(22)19-18-14(21)10-8-5-4-7-9(10)2/h4-5,7-8H,3,6H2,1-2H3,(H,16,17)(H,18,21)(H,19,22). The quantitative estimate of drug-likeness (QED) is 0.566. The van der Waals surface area contributed by atoms with Crippen molar-refractivity contribution in [3.8, 4) is 0 Å². The molecule has 3 N–H and O–H groups in total. The lowest BCUT2D eigenvalue weighted by molar-refractivity contribution is -0.385. The van der Waals surface area contributed by atoms with E-state index in [1.165, 1.54) is 0 Å². The lowest BCUT2D eigenvalue weighted by Gasteiger charge is -2.07. The predicted octanol–water partition coefficient (Wildman–Crippen LogP) is 1.65. The average Bonchev–Trinajstić information content (AvgIpc) is 2.97. The van der Waals surface area contributed by atoms with Crippen LogP contribution in [0.15, 0.2) is 24.3 Å². The van der Waals surface area contributed by atoms with Crippen molar-refractivity contribution in [2.24, 2.45) is 0 Å². The maximum atomic E-state index is 12.1. The Bertz CT molecular complexity index is 784. The number of H-pyrrole nitrogens is 1. The van der Waals surface area contributed by atoms with Crippen LogP contribution in [0, 0.1) is 17.0 Å². The van der Waals surface area contributed by atoms with Crippen molar-refractivity contribution in [2.45, 2.75) is 26.7 Å². The molecule has 0 saturated heterocycles. The first-order chi connectivity index (χ1) is 11.5. The van der Waals surface area contributed by atoms with Gasteiger partial charge < -0.3 is 0 Å². The van der Waals surface area contributed by atoms with Gasteiger partial charge in [-0.05, 0) is 25.0 Å². The number of hydrogen-bond donors (Lipinski definition) is 3. The third-order valence-corrected chi connectivity index (χ3v) is 3.39. The highest BCUT2D eigenvalue weighted by atomic mass is 16.6. The van der Waals surface area contributed by atoms with Gasteiger partial charge in [0, 0.05) is 5.56 Å². The zero-order valence-electron chi connectivity index (χ0n) is 13.3. The first-order valence-electron chi connectivity index (χ1n) is 7.33. The van der Waals surface area contributed by atoms with Gasteiger partial charge in [-0.3, -0.25) is 35.7 Å². The Kier molecular flexibility index (Phi) is 5.25. The van der Waals surface area contributed by atoms with Crippen LogP contribution in [0.4, 0.5) is 5.69 Å². The molecule has 2 aromatic rings. The van der Waals surface area contributed by atoms with E-state index < -0.39 is 16.7 Å². The van der Waals surface area contributed by atoms with E-state index in [-0.39, 0.29) is 17.1 Å². The van der Waals surface area contributed by atoms with Crippen LogP contribution in [0.25, 0.3) is 0 Å². The highest BCUT2D eigenvalue weighted by Crippen LogP contribution is 2.22. The van der Waals surface area contributed by atoms with Crippen molar-refractivity contribution in [1.29, 1.82) is 0 Å². The fourth-order valence-corrected chi connectivity index (χ4v) is 2.22. The van der Waals surface area contributed by atoms with Crippen molar-refractivity contribution in [1.82, 2.24) is 21.0 Å². The number of carbonyl (C=O) groups is 2. The van der Waals surface area contributed by atoms with Crippen LogP contribution in [-0.4, -0.2) is 26.9 Å². The number of hydrazine groups is 1. The predicted molar refractivity (Wildman–Crippen MR) is 85.3 cm³/mol. The molecular weight excluding hydrogens is 314 g/mol. The van der Waals surface area contributed by atoms with Gasteiger partial charge in [0.2, 0.25) is 5.69 Å². The van der Waals surface area contributed by atoms with Crippen LogP contribution >= 0.6 is 0 Å². The fourth-order valence-electron chi connectivity index (χ4n) is 2.22. The molecule has 0 fully saturated rings. The van der Waals surface area contributed by atoms with E-state index in [2.05, 4.69) is 21.0 Å². The molecule has 0 spiro atoms. The average molecular weight is 331 g/mol. The van der Waals surface area contributed by atoms with E-state index in [4.69, 9.17) is 0 Å². The van der Waals surface area contributed by atoms with Crippen molar-refractivity contribution in [2.75, 3.05) is 0 Å². The highest BCUT2D eigenvalue weighted by molar-refractivity contribution is 6.00. The lowest BCUT2D eigenvalue weighted by atomic mass is 10.1. The summed E-state index contributed by atoms with van der Waals surface area (Å²) in [7, 11) is 0. The highest BCUT2D eigenvalue weighted by Gasteiger charge is 2.28. The van der Waals surface area contributed by atoms with Gasteiger partial charge >= 0.3 is 5.69 Å². The number of benzene rings is 1. The zero-order valence-corrected chi connectivity index (χ0v) is 13.3. The van der Waals surface area contributed by atoms with Gasteiger partial charge in [-0.25, -0.2) is 0 Å². The molecule has 1 heterocycles. The summed E-state index contributed by atoms with van der Waals surface area (Å²) in [5, 5.41) is 17.4. The van der Waals surface area contributed by atoms with Gasteiger partial charge in [0.1, 0.15) is 5.69 Å². The number of nitro groups is 1. The van der Waals surface area contributed by atoms with Crippen LogP contribution in [0.2, 0.25) is 0 Å². The number of nitrogens with one attached hydrogen (secondary N) is 3. The number of nitrogens with zero attached hydrogens (tertiary/aromatic N) is 2. The molecule has 9 nitrogen and oxygen atoms in total. The fraction of sp³-hybridized carbons (Fsp3) is 0.267. The molecular formula is C15H17N5O4. The van der Waals surface area contributed by atoms with Crippen LogP contribution in [0.1, 0.15) is 45.4 Å². The van der Waals surface area contributed by atoms with Gasteiger partial charge in [0.05, 0.1) is 4.92 Å². The van der Waals surface area contributed by atoms with E-state index in [9.17, 15) is 19.7 Å². The number of aromatic nitrogens is 2. The molecule has 0 radical (unpaired) electrons. The van der Waals surface area contributed by atoms with Gasteiger partial charge in [-0.2, -0.15) is 5.10 Å².